The number of hydrogen-bond donors (Lipinski definition) is 1. The summed E-state index contributed by atoms with van der Waals surface area (Å²) in [5, 5.41) is 24.3. The van der Waals surface area contributed by atoms with E-state index in [0.717, 1.165) is 63.0 Å². The van der Waals surface area contributed by atoms with Crippen LogP contribution in [-0.4, -0.2) is 31.0 Å². The minimum atomic E-state index is -0.0284. The largest absolute Gasteiger partial charge is 0.392 e. The number of benzene rings is 1. The lowest BCUT2D eigenvalue weighted by Gasteiger charge is -2.21. The predicted molar refractivity (Wildman–Crippen MR) is 112 cm³/mol. The van der Waals surface area contributed by atoms with Crippen molar-refractivity contribution in [1.82, 2.24) is 19.2 Å². The van der Waals surface area contributed by atoms with E-state index in [4.69, 9.17) is 10.2 Å². The maximum absolute atomic E-state index is 9.75. The van der Waals surface area contributed by atoms with Crippen LogP contribution in [0, 0.1) is 11.2 Å². The molecule has 5 rings (SSSR count). The van der Waals surface area contributed by atoms with Crippen molar-refractivity contribution in [2.24, 2.45) is 7.05 Å². The van der Waals surface area contributed by atoms with E-state index >= 15 is 0 Å². The summed E-state index contributed by atoms with van der Waals surface area (Å²) in [6, 6.07) is 4.14. The summed E-state index contributed by atoms with van der Waals surface area (Å²) in [6.45, 7) is 0.189. The van der Waals surface area contributed by atoms with E-state index < -0.39 is 0 Å². The van der Waals surface area contributed by atoms with Gasteiger partial charge in [0.25, 0.3) is 6.71 Å². The molecule has 0 atom stereocenters. The van der Waals surface area contributed by atoms with Gasteiger partial charge in [-0.1, -0.05) is 36.8 Å². The molecule has 6 nitrogen and oxygen atoms in total. The number of aliphatic hydroxyl groups is 1. The SMILES string of the molecule is Cn1cc2cc(-c3cn4cc(C5CCB(C#N)CC5)nc4s3)cc(CO)c2n1. The monoisotopic (exact) mass is 389 g/mol. The minimum Gasteiger partial charge on any atom is -0.392 e. The van der Waals surface area contributed by atoms with Crippen LogP contribution in [0.2, 0.25) is 12.6 Å². The van der Waals surface area contributed by atoms with Crippen LogP contribution in [0.4, 0.5) is 0 Å². The molecule has 1 fully saturated rings. The van der Waals surface area contributed by atoms with Crippen LogP contribution in [0.3, 0.4) is 0 Å². The van der Waals surface area contributed by atoms with Gasteiger partial charge in [0.05, 0.1) is 22.7 Å². The molecule has 4 heterocycles. The fraction of sp³-hybridized carbons (Fsp3) is 0.350. The summed E-state index contributed by atoms with van der Waals surface area (Å²) in [5.41, 5.74) is 3.92. The van der Waals surface area contributed by atoms with Crippen molar-refractivity contribution >= 4 is 33.9 Å². The van der Waals surface area contributed by atoms with Gasteiger partial charge in [0.15, 0.2) is 4.96 Å². The first-order valence-electron chi connectivity index (χ1n) is 9.60. The molecule has 3 aromatic heterocycles. The number of aliphatic hydroxyl groups excluding tert-OH is 1. The standard InChI is InChI=1S/C20H20BN5OS/c1-25-8-15-6-14(7-16(11-27)19(15)24-25)18-10-26-9-17(23-20(26)28-18)13-2-4-21(12-22)5-3-13/h6-10,13,27H,2-5,11H2,1H3. The Labute approximate surface area is 167 Å². The first-order chi connectivity index (χ1) is 13.6. The Morgan fingerprint density at radius 1 is 1.29 bits per heavy atom. The maximum atomic E-state index is 9.75. The van der Waals surface area contributed by atoms with Crippen LogP contribution in [0.5, 0.6) is 0 Å². The number of imidazole rings is 1. The van der Waals surface area contributed by atoms with Gasteiger partial charge in [0.1, 0.15) is 0 Å². The molecule has 0 bridgehead atoms. The molecular formula is C20H20BN5OS. The fourth-order valence-corrected chi connectivity index (χ4v) is 5.21. The summed E-state index contributed by atoms with van der Waals surface area (Å²) in [7, 11) is 1.89. The molecule has 1 N–H and O–H groups in total. The van der Waals surface area contributed by atoms with E-state index in [9.17, 15) is 5.11 Å². The van der Waals surface area contributed by atoms with Crippen LogP contribution in [-0.2, 0) is 13.7 Å². The highest BCUT2D eigenvalue weighted by atomic mass is 32.1. The van der Waals surface area contributed by atoms with E-state index in [2.05, 4.69) is 33.9 Å². The molecule has 8 heteroatoms. The van der Waals surface area contributed by atoms with E-state index in [1.807, 2.05) is 19.3 Å². The van der Waals surface area contributed by atoms with Gasteiger partial charge < -0.3 is 5.11 Å². The van der Waals surface area contributed by atoms with Crippen molar-refractivity contribution in [3.05, 3.63) is 42.0 Å². The van der Waals surface area contributed by atoms with Crippen LogP contribution in [0.25, 0.3) is 26.3 Å². The third kappa shape index (κ3) is 2.91. The number of thiazole rings is 1. The number of fused-ring (bicyclic) bond motifs is 2. The van der Waals surface area contributed by atoms with Gasteiger partial charge in [-0.15, -0.1) is 0 Å². The summed E-state index contributed by atoms with van der Waals surface area (Å²) in [4.78, 5) is 6.99. The second kappa shape index (κ2) is 6.76. The normalized spacial score (nSPS) is 15.5. The van der Waals surface area contributed by atoms with Gasteiger partial charge in [-0.05, 0) is 17.7 Å². The molecule has 0 aliphatic carbocycles. The molecule has 0 radical (unpaired) electrons. The smallest absolute Gasteiger partial charge is 0.267 e. The minimum absolute atomic E-state index is 0.0284. The lowest BCUT2D eigenvalue weighted by atomic mass is 9.41. The quantitative estimate of drug-likeness (QED) is 0.540. The average molecular weight is 389 g/mol. The van der Waals surface area contributed by atoms with Gasteiger partial charge in [-0.25, -0.2) is 10.2 Å². The summed E-state index contributed by atoms with van der Waals surface area (Å²) < 4.78 is 3.89. The molecule has 1 aromatic carbocycles. The Morgan fingerprint density at radius 2 is 2.11 bits per heavy atom. The zero-order valence-corrected chi connectivity index (χ0v) is 16.5. The Kier molecular flexibility index (Phi) is 4.22. The first-order valence-corrected chi connectivity index (χ1v) is 10.4. The molecule has 140 valence electrons. The third-order valence-electron chi connectivity index (χ3n) is 5.76. The highest BCUT2D eigenvalue weighted by Gasteiger charge is 2.27. The molecule has 0 unspecified atom stereocenters. The molecule has 1 aliphatic heterocycles. The summed E-state index contributed by atoms with van der Waals surface area (Å²) >= 11 is 1.67. The van der Waals surface area contributed by atoms with Gasteiger partial charge in [0.2, 0.25) is 0 Å². The molecule has 1 aliphatic rings. The summed E-state index contributed by atoms with van der Waals surface area (Å²) in [5.74, 6) is 2.86. The fourth-order valence-electron chi connectivity index (χ4n) is 4.25. The number of hydrogen-bond acceptors (Lipinski definition) is 5. The second-order valence-corrected chi connectivity index (χ2v) is 8.67. The molecule has 0 amide bonds. The van der Waals surface area contributed by atoms with E-state index in [1.54, 1.807) is 16.0 Å². The van der Waals surface area contributed by atoms with Gasteiger partial charge >= 0.3 is 0 Å². The van der Waals surface area contributed by atoms with Gasteiger partial charge in [-0.3, -0.25) is 9.08 Å². The van der Waals surface area contributed by atoms with Crippen molar-refractivity contribution in [2.45, 2.75) is 38.0 Å². The lowest BCUT2D eigenvalue weighted by Crippen LogP contribution is -2.18. The Morgan fingerprint density at radius 3 is 2.82 bits per heavy atom. The number of nitriles is 1. The van der Waals surface area contributed by atoms with Crippen LogP contribution in [0.1, 0.15) is 30.0 Å². The highest BCUT2D eigenvalue weighted by Crippen LogP contribution is 2.36. The van der Waals surface area contributed by atoms with Gasteiger partial charge in [0, 0.05) is 48.5 Å². The highest BCUT2D eigenvalue weighted by molar-refractivity contribution is 7.20. The molecule has 1 saturated heterocycles. The zero-order chi connectivity index (χ0) is 19.3. The van der Waals surface area contributed by atoms with Crippen molar-refractivity contribution in [3.63, 3.8) is 0 Å². The first kappa shape index (κ1) is 17.5. The Bertz CT molecular complexity index is 1180. The van der Waals surface area contributed by atoms with E-state index in [0.29, 0.717) is 5.92 Å². The van der Waals surface area contributed by atoms with E-state index in [-0.39, 0.29) is 13.3 Å². The zero-order valence-electron chi connectivity index (χ0n) is 15.7. The second-order valence-electron chi connectivity index (χ2n) is 7.66. The molecule has 0 saturated carbocycles. The van der Waals surface area contributed by atoms with Crippen molar-refractivity contribution < 1.29 is 5.11 Å². The maximum Gasteiger partial charge on any atom is 0.267 e. The Balaban J connectivity index is 1.47. The predicted octanol–water partition coefficient (Wildman–Crippen LogP) is 3.88. The van der Waals surface area contributed by atoms with Crippen LogP contribution < -0.4 is 0 Å². The third-order valence-corrected chi connectivity index (χ3v) is 6.81. The molecule has 0 spiro atoms. The number of aromatic nitrogens is 4. The average Bonchev–Trinajstić information content (AvgIpc) is 3.39. The van der Waals surface area contributed by atoms with Crippen molar-refractivity contribution in [3.8, 4) is 16.4 Å². The Hall–Kier alpha value is -2.63. The topological polar surface area (TPSA) is 79.1 Å². The number of nitrogens with zero attached hydrogens (tertiary/aromatic N) is 5. The van der Waals surface area contributed by atoms with Gasteiger partial charge in [-0.2, -0.15) is 5.10 Å². The number of aryl methyl sites for hydroxylation is 1. The molecule has 28 heavy (non-hydrogen) atoms. The lowest BCUT2D eigenvalue weighted by molar-refractivity contribution is 0.283. The summed E-state index contributed by atoms with van der Waals surface area (Å²) in [6.07, 6.45) is 10.3. The van der Waals surface area contributed by atoms with Crippen LogP contribution in [0.15, 0.2) is 30.7 Å². The molecular weight excluding hydrogens is 369 g/mol. The van der Waals surface area contributed by atoms with Crippen molar-refractivity contribution in [2.75, 3.05) is 0 Å². The van der Waals surface area contributed by atoms with Crippen molar-refractivity contribution in [1.29, 1.82) is 5.26 Å². The number of rotatable bonds is 3. The van der Waals surface area contributed by atoms with E-state index in [1.165, 1.54) is 0 Å². The van der Waals surface area contributed by atoms with Crippen LogP contribution >= 0.6 is 11.3 Å². The molecule has 4 aromatic rings.